The second-order valence-electron chi connectivity index (χ2n) is 8.12. The van der Waals surface area contributed by atoms with Crippen LogP contribution in [0.15, 0.2) is 24.4 Å². The zero-order chi connectivity index (χ0) is 17.6. The fraction of sp³-hybridized carbons (Fsp3) is 0.579. The molecule has 2 aliphatic heterocycles. The molecule has 0 saturated carbocycles. The maximum atomic E-state index is 12.2. The second kappa shape index (κ2) is 5.93. The normalized spacial score (nSPS) is 18.2. The van der Waals surface area contributed by atoms with E-state index in [0.29, 0.717) is 5.92 Å². The van der Waals surface area contributed by atoms with Crippen molar-refractivity contribution in [3.05, 3.63) is 30.1 Å². The van der Waals surface area contributed by atoms with Crippen molar-refractivity contribution in [1.82, 2.24) is 14.3 Å². The first-order chi connectivity index (χ1) is 11.9. The second-order valence-corrected chi connectivity index (χ2v) is 8.12. The van der Waals surface area contributed by atoms with Crippen LogP contribution in [0.4, 0.5) is 10.6 Å². The van der Waals surface area contributed by atoms with Crippen LogP contribution in [-0.4, -0.2) is 45.6 Å². The molecule has 2 aliphatic rings. The van der Waals surface area contributed by atoms with E-state index in [1.165, 1.54) is 11.5 Å². The maximum Gasteiger partial charge on any atom is 0.410 e. The van der Waals surface area contributed by atoms with E-state index in [1.54, 1.807) is 0 Å². The van der Waals surface area contributed by atoms with Crippen molar-refractivity contribution in [2.45, 2.75) is 45.8 Å². The summed E-state index contributed by atoms with van der Waals surface area (Å²) in [4.78, 5) is 20.9. The lowest BCUT2D eigenvalue weighted by atomic mass is 9.96. The highest BCUT2D eigenvalue weighted by molar-refractivity contribution is 5.68. The van der Waals surface area contributed by atoms with Crippen molar-refractivity contribution >= 4 is 17.6 Å². The maximum absolute atomic E-state index is 12.2. The van der Waals surface area contributed by atoms with Gasteiger partial charge in [0, 0.05) is 19.6 Å². The number of amides is 1. The molecule has 0 radical (unpaired) electrons. The molecule has 0 bridgehead atoms. The molecule has 0 N–H and O–H groups in total. The van der Waals surface area contributed by atoms with Gasteiger partial charge in [-0.05, 0) is 51.7 Å². The smallest absolute Gasteiger partial charge is 0.410 e. The van der Waals surface area contributed by atoms with E-state index >= 15 is 0 Å². The van der Waals surface area contributed by atoms with Gasteiger partial charge in [-0.25, -0.2) is 9.78 Å². The summed E-state index contributed by atoms with van der Waals surface area (Å²) in [6, 6.07) is 6.29. The first-order valence-electron chi connectivity index (χ1n) is 9.09. The fourth-order valence-electron chi connectivity index (χ4n) is 3.81. The number of hydrogen-bond acceptors (Lipinski definition) is 4. The number of pyridine rings is 1. The summed E-state index contributed by atoms with van der Waals surface area (Å²) in [6.07, 6.45) is 3.85. The molecule has 1 fully saturated rings. The molecule has 25 heavy (non-hydrogen) atoms. The van der Waals surface area contributed by atoms with Crippen LogP contribution in [0, 0.1) is 5.92 Å². The molecule has 0 aromatic carbocycles. The summed E-state index contributed by atoms with van der Waals surface area (Å²) >= 11 is 0. The van der Waals surface area contributed by atoms with Crippen LogP contribution in [-0.2, 0) is 11.3 Å². The van der Waals surface area contributed by atoms with E-state index < -0.39 is 5.60 Å². The number of anilines is 1. The number of nitrogens with zero attached hydrogens (tertiary/aromatic N) is 4. The predicted molar refractivity (Wildman–Crippen MR) is 96.8 cm³/mol. The average Bonchev–Trinajstić information content (AvgIpc) is 3.12. The van der Waals surface area contributed by atoms with Crippen LogP contribution in [0.2, 0.25) is 0 Å². The minimum Gasteiger partial charge on any atom is -0.444 e. The lowest BCUT2D eigenvalue weighted by Gasteiger charge is -2.35. The number of ether oxygens (including phenoxy) is 1. The van der Waals surface area contributed by atoms with E-state index in [2.05, 4.69) is 32.5 Å². The molecule has 6 heteroatoms. The topological polar surface area (TPSA) is 50.1 Å². The Morgan fingerprint density at radius 3 is 2.76 bits per heavy atom. The van der Waals surface area contributed by atoms with Crippen molar-refractivity contribution in [2.24, 2.45) is 5.92 Å². The Bertz CT molecular complexity index is 784. The van der Waals surface area contributed by atoms with Gasteiger partial charge in [-0.2, -0.15) is 0 Å². The Kier molecular flexibility index (Phi) is 3.85. The minimum atomic E-state index is -0.427. The van der Waals surface area contributed by atoms with Crippen molar-refractivity contribution in [2.75, 3.05) is 24.5 Å². The highest BCUT2D eigenvalue weighted by atomic mass is 16.6. The van der Waals surface area contributed by atoms with Crippen LogP contribution in [0.5, 0.6) is 0 Å². The molecule has 0 spiro atoms. The quantitative estimate of drug-likeness (QED) is 0.840. The number of carbonyl (C=O) groups is 1. The standard InChI is InChI=1S/C19H26N4O2/c1-19(2,3)25-18(24)21-9-7-14(8-10-21)12-22-13-15-11-20-16-5-4-6-17(22)23(15)16/h4-6,11,14H,7-10,12-13H2,1-3H3. The lowest BCUT2D eigenvalue weighted by Crippen LogP contribution is -2.43. The van der Waals surface area contributed by atoms with Gasteiger partial charge in [0.05, 0.1) is 18.4 Å². The first-order valence-corrected chi connectivity index (χ1v) is 9.09. The van der Waals surface area contributed by atoms with E-state index in [4.69, 9.17) is 4.74 Å². The Morgan fingerprint density at radius 2 is 2.04 bits per heavy atom. The molecular formula is C19H26N4O2. The molecule has 2 aromatic heterocycles. The molecule has 2 aromatic rings. The summed E-state index contributed by atoms with van der Waals surface area (Å²) in [7, 11) is 0. The fourth-order valence-corrected chi connectivity index (χ4v) is 3.81. The van der Waals surface area contributed by atoms with Crippen LogP contribution >= 0.6 is 0 Å². The number of imidazole rings is 1. The zero-order valence-corrected chi connectivity index (χ0v) is 15.2. The summed E-state index contributed by atoms with van der Waals surface area (Å²) in [5.41, 5.74) is 1.86. The third-order valence-corrected chi connectivity index (χ3v) is 5.00. The largest absolute Gasteiger partial charge is 0.444 e. The van der Waals surface area contributed by atoms with Crippen LogP contribution in [0.3, 0.4) is 0 Å². The van der Waals surface area contributed by atoms with Gasteiger partial charge in [-0.15, -0.1) is 0 Å². The highest BCUT2D eigenvalue weighted by Gasteiger charge is 2.29. The molecule has 1 saturated heterocycles. The Balaban J connectivity index is 1.35. The van der Waals surface area contributed by atoms with Crippen molar-refractivity contribution in [3.8, 4) is 0 Å². The van der Waals surface area contributed by atoms with Gasteiger partial charge in [0.1, 0.15) is 17.1 Å². The summed E-state index contributed by atoms with van der Waals surface area (Å²) in [6.45, 7) is 9.26. The Labute approximate surface area is 148 Å². The monoisotopic (exact) mass is 342 g/mol. The van der Waals surface area contributed by atoms with Gasteiger partial charge in [-0.3, -0.25) is 4.40 Å². The van der Waals surface area contributed by atoms with Crippen LogP contribution < -0.4 is 4.90 Å². The molecule has 4 rings (SSSR count). The number of hydrogen-bond donors (Lipinski definition) is 0. The van der Waals surface area contributed by atoms with E-state index in [0.717, 1.165) is 44.7 Å². The van der Waals surface area contributed by atoms with Gasteiger partial charge < -0.3 is 14.5 Å². The van der Waals surface area contributed by atoms with Crippen LogP contribution in [0.1, 0.15) is 39.3 Å². The molecule has 6 nitrogen and oxygen atoms in total. The molecule has 134 valence electrons. The molecule has 0 atom stereocenters. The molecule has 4 heterocycles. The summed E-state index contributed by atoms with van der Waals surface area (Å²) in [5, 5.41) is 0. The Morgan fingerprint density at radius 1 is 1.28 bits per heavy atom. The lowest BCUT2D eigenvalue weighted by molar-refractivity contribution is 0.0186. The number of likely N-dealkylation sites (tertiary alicyclic amines) is 1. The first kappa shape index (κ1) is 16.2. The SMILES string of the molecule is CC(C)(C)OC(=O)N1CCC(CN2Cc3cnc4cccc2n34)CC1. The molecular weight excluding hydrogens is 316 g/mol. The molecule has 1 amide bonds. The number of aromatic nitrogens is 2. The molecule has 0 aliphatic carbocycles. The number of rotatable bonds is 2. The average molecular weight is 342 g/mol. The zero-order valence-electron chi connectivity index (χ0n) is 15.2. The third-order valence-electron chi connectivity index (χ3n) is 5.00. The highest BCUT2D eigenvalue weighted by Crippen LogP contribution is 2.30. The van der Waals surface area contributed by atoms with E-state index in [9.17, 15) is 4.79 Å². The Hall–Kier alpha value is -2.24. The number of piperidine rings is 1. The summed E-state index contributed by atoms with van der Waals surface area (Å²) in [5.74, 6) is 1.84. The van der Waals surface area contributed by atoms with Gasteiger partial charge in [0.25, 0.3) is 0 Å². The van der Waals surface area contributed by atoms with Gasteiger partial charge in [0.15, 0.2) is 0 Å². The summed E-state index contributed by atoms with van der Waals surface area (Å²) < 4.78 is 7.73. The van der Waals surface area contributed by atoms with Gasteiger partial charge in [-0.1, -0.05) is 6.07 Å². The predicted octanol–water partition coefficient (Wildman–Crippen LogP) is 3.30. The van der Waals surface area contributed by atoms with E-state index in [-0.39, 0.29) is 6.09 Å². The third kappa shape index (κ3) is 3.17. The van der Waals surface area contributed by atoms with E-state index in [1.807, 2.05) is 31.9 Å². The van der Waals surface area contributed by atoms with Crippen LogP contribution in [0.25, 0.3) is 5.65 Å². The molecule has 0 unspecified atom stereocenters. The van der Waals surface area contributed by atoms with Gasteiger partial charge >= 0.3 is 6.09 Å². The minimum absolute atomic E-state index is 0.182. The van der Waals surface area contributed by atoms with Crippen molar-refractivity contribution in [3.63, 3.8) is 0 Å². The van der Waals surface area contributed by atoms with Gasteiger partial charge in [0.2, 0.25) is 0 Å². The van der Waals surface area contributed by atoms with Crippen molar-refractivity contribution in [1.29, 1.82) is 0 Å². The number of carbonyl (C=O) groups excluding carboxylic acids is 1. The van der Waals surface area contributed by atoms with Crippen molar-refractivity contribution < 1.29 is 9.53 Å².